The maximum atomic E-state index is 14.5. The quantitative estimate of drug-likeness (QED) is 0.291. The van der Waals surface area contributed by atoms with Crippen LogP contribution in [0.1, 0.15) is 30.2 Å². The summed E-state index contributed by atoms with van der Waals surface area (Å²) in [6.45, 7) is 2.05. The van der Waals surface area contributed by atoms with Gasteiger partial charge in [0, 0.05) is 53.8 Å². The van der Waals surface area contributed by atoms with Gasteiger partial charge >= 0.3 is 0 Å². The standard InChI is InChI=1S/C30H28FN7O2/c1-37-15-21-13-18(8-10-25(21)36-37)28-22-14-19(9-11-26(22)32-33-28)29-34-35-30(40-29)20-5-4-12-38(16-20)17-23-24(31)6-3-7-27(23)39-2/h3,6-11,13-15,20H,4-5,12,16-17H2,1-2H3,(H,32,33). The summed E-state index contributed by atoms with van der Waals surface area (Å²) in [5, 5.41) is 23.0. The molecule has 10 heteroatoms. The monoisotopic (exact) mass is 537 g/mol. The molecule has 1 atom stereocenters. The number of piperidine rings is 1. The zero-order valence-corrected chi connectivity index (χ0v) is 22.3. The summed E-state index contributed by atoms with van der Waals surface area (Å²) in [6, 6.07) is 17.1. The van der Waals surface area contributed by atoms with Gasteiger partial charge in [-0.05, 0) is 61.9 Å². The molecule has 0 radical (unpaired) electrons. The molecular weight excluding hydrogens is 509 g/mol. The second-order valence-electron chi connectivity index (χ2n) is 10.3. The number of likely N-dealkylation sites (tertiary alicyclic amines) is 1. The van der Waals surface area contributed by atoms with Crippen LogP contribution in [0.4, 0.5) is 4.39 Å². The molecule has 4 heterocycles. The van der Waals surface area contributed by atoms with Crippen molar-refractivity contribution in [1.82, 2.24) is 35.1 Å². The van der Waals surface area contributed by atoms with Gasteiger partial charge in [-0.3, -0.25) is 14.7 Å². The van der Waals surface area contributed by atoms with Crippen LogP contribution in [0.15, 0.2) is 65.2 Å². The molecule has 7 rings (SSSR count). The van der Waals surface area contributed by atoms with Crippen LogP contribution in [-0.4, -0.2) is 55.3 Å². The summed E-state index contributed by atoms with van der Waals surface area (Å²) >= 11 is 0. The molecule has 1 unspecified atom stereocenters. The Kier molecular flexibility index (Phi) is 6.04. The van der Waals surface area contributed by atoms with E-state index in [1.807, 2.05) is 48.3 Å². The molecule has 9 nitrogen and oxygen atoms in total. The first kappa shape index (κ1) is 24.5. The Bertz CT molecular complexity index is 1840. The minimum Gasteiger partial charge on any atom is -0.496 e. The SMILES string of the molecule is COc1cccc(F)c1CN1CCCC(c2nnc(-c3ccc4[nH]nc(-c5ccc6nn(C)cc6c5)c4c3)o2)C1. The third-order valence-corrected chi connectivity index (χ3v) is 7.68. The molecular formula is C30H28FN7O2. The number of halogens is 1. The van der Waals surface area contributed by atoms with Gasteiger partial charge in [0.15, 0.2) is 0 Å². The predicted octanol–water partition coefficient (Wildman–Crippen LogP) is 5.69. The number of aryl methyl sites for hydroxylation is 1. The van der Waals surface area contributed by atoms with Gasteiger partial charge in [0.1, 0.15) is 11.6 Å². The minimum absolute atomic E-state index is 0.0761. The van der Waals surface area contributed by atoms with Gasteiger partial charge in [0.2, 0.25) is 11.8 Å². The van der Waals surface area contributed by atoms with E-state index in [0.29, 0.717) is 36.2 Å². The number of H-pyrrole nitrogens is 1. The number of methoxy groups -OCH3 is 1. The zero-order valence-electron chi connectivity index (χ0n) is 22.3. The second kappa shape index (κ2) is 9.87. The van der Waals surface area contributed by atoms with Crippen molar-refractivity contribution in [2.45, 2.75) is 25.3 Å². The Balaban J connectivity index is 1.14. The lowest BCUT2D eigenvalue weighted by atomic mass is 9.97. The fraction of sp³-hybridized carbons (Fsp3) is 0.267. The number of aromatic nitrogens is 6. The molecule has 1 fully saturated rings. The molecule has 0 spiro atoms. The lowest BCUT2D eigenvalue weighted by Gasteiger charge is -2.31. The van der Waals surface area contributed by atoms with Gasteiger partial charge in [0.25, 0.3) is 0 Å². The lowest BCUT2D eigenvalue weighted by molar-refractivity contribution is 0.182. The lowest BCUT2D eigenvalue weighted by Crippen LogP contribution is -2.34. The molecule has 6 aromatic rings. The van der Waals surface area contributed by atoms with Crippen LogP contribution >= 0.6 is 0 Å². The molecule has 1 saturated heterocycles. The largest absolute Gasteiger partial charge is 0.496 e. The Labute approximate surface area is 229 Å². The highest BCUT2D eigenvalue weighted by Gasteiger charge is 2.27. The summed E-state index contributed by atoms with van der Waals surface area (Å²) in [7, 11) is 3.49. The van der Waals surface area contributed by atoms with E-state index in [1.54, 1.807) is 19.2 Å². The van der Waals surface area contributed by atoms with E-state index in [0.717, 1.165) is 58.0 Å². The number of nitrogens with zero attached hydrogens (tertiary/aromatic N) is 6. The normalized spacial score (nSPS) is 16.2. The molecule has 40 heavy (non-hydrogen) atoms. The van der Waals surface area contributed by atoms with Crippen LogP contribution in [0.5, 0.6) is 5.75 Å². The van der Waals surface area contributed by atoms with Crippen molar-refractivity contribution in [3.05, 3.63) is 78.1 Å². The van der Waals surface area contributed by atoms with E-state index in [4.69, 9.17) is 9.15 Å². The molecule has 0 aliphatic carbocycles. The Morgan fingerprint density at radius 1 is 1.10 bits per heavy atom. The molecule has 1 aliphatic rings. The van der Waals surface area contributed by atoms with Crippen molar-refractivity contribution in [3.63, 3.8) is 0 Å². The molecule has 1 N–H and O–H groups in total. The fourth-order valence-electron chi connectivity index (χ4n) is 5.69. The number of aromatic amines is 1. The van der Waals surface area contributed by atoms with Crippen molar-refractivity contribution in [3.8, 4) is 28.5 Å². The van der Waals surface area contributed by atoms with Crippen molar-refractivity contribution in [2.24, 2.45) is 7.05 Å². The van der Waals surface area contributed by atoms with Gasteiger partial charge in [-0.15, -0.1) is 10.2 Å². The van der Waals surface area contributed by atoms with E-state index in [1.165, 1.54) is 6.07 Å². The van der Waals surface area contributed by atoms with Crippen molar-refractivity contribution in [1.29, 1.82) is 0 Å². The maximum absolute atomic E-state index is 14.5. The highest BCUT2D eigenvalue weighted by molar-refractivity contribution is 5.97. The average Bonchev–Trinajstić information content (AvgIpc) is 3.71. The predicted molar refractivity (Wildman–Crippen MR) is 149 cm³/mol. The molecule has 3 aromatic carbocycles. The van der Waals surface area contributed by atoms with Gasteiger partial charge in [0.05, 0.1) is 29.8 Å². The van der Waals surface area contributed by atoms with Crippen molar-refractivity contribution >= 4 is 21.8 Å². The fourth-order valence-corrected chi connectivity index (χ4v) is 5.69. The summed E-state index contributed by atoms with van der Waals surface area (Å²) in [4.78, 5) is 2.22. The first-order valence-corrected chi connectivity index (χ1v) is 13.3. The number of rotatable bonds is 6. The van der Waals surface area contributed by atoms with Crippen LogP contribution in [0.25, 0.3) is 44.5 Å². The van der Waals surface area contributed by atoms with Crippen LogP contribution in [-0.2, 0) is 13.6 Å². The molecule has 0 bridgehead atoms. The Hall–Kier alpha value is -4.57. The molecule has 3 aromatic heterocycles. The molecule has 0 amide bonds. The number of benzene rings is 3. The van der Waals surface area contributed by atoms with Gasteiger partial charge < -0.3 is 9.15 Å². The van der Waals surface area contributed by atoms with Crippen molar-refractivity contribution in [2.75, 3.05) is 20.2 Å². The van der Waals surface area contributed by atoms with E-state index in [9.17, 15) is 4.39 Å². The van der Waals surface area contributed by atoms with E-state index >= 15 is 0 Å². The van der Waals surface area contributed by atoms with E-state index in [-0.39, 0.29) is 11.7 Å². The van der Waals surface area contributed by atoms with E-state index < -0.39 is 0 Å². The third-order valence-electron chi connectivity index (χ3n) is 7.68. The number of hydrogen-bond donors (Lipinski definition) is 1. The summed E-state index contributed by atoms with van der Waals surface area (Å²) in [5.74, 6) is 1.47. The van der Waals surface area contributed by atoms with Gasteiger partial charge in [-0.1, -0.05) is 12.1 Å². The van der Waals surface area contributed by atoms with Crippen LogP contribution in [0, 0.1) is 5.82 Å². The summed E-state index contributed by atoms with van der Waals surface area (Å²) in [5.41, 5.74) is 5.14. The number of fused-ring (bicyclic) bond motifs is 2. The topological polar surface area (TPSA) is 97.9 Å². The highest BCUT2D eigenvalue weighted by atomic mass is 19.1. The van der Waals surface area contributed by atoms with Crippen LogP contribution in [0.3, 0.4) is 0 Å². The van der Waals surface area contributed by atoms with Crippen molar-refractivity contribution < 1.29 is 13.5 Å². The number of ether oxygens (including phenoxy) is 1. The molecule has 202 valence electrons. The second-order valence-corrected chi connectivity index (χ2v) is 10.3. The first-order chi connectivity index (χ1) is 19.6. The highest BCUT2D eigenvalue weighted by Crippen LogP contribution is 2.34. The van der Waals surface area contributed by atoms with Crippen LogP contribution in [0.2, 0.25) is 0 Å². The van der Waals surface area contributed by atoms with Gasteiger partial charge in [-0.25, -0.2) is 4.39 Å². The zero-order chi connectivity index (χ0) is 27.2. The first-order valence-electron chi connectivity index (χ1n) is 13.3. The third kappa shape index (κ3) is 4.40. The summed E-state index contributed by atoms with van der Waals surface area (Å²) < 4.78 is 28.0. The summed E-state index contributed by atoms with van der Waals surface area (Å²) in [6.07, 6.45) is 3.90. The minimum atomic E-state index is -0.254. The Morgan fingerprint density at radius 2 is 2.00 bits per heavy atom. The van der Waals surface area contributed by atoms with E-state index in [2.05, 4.69) is 36.5 Å². The average molecular weight is 538 g/mol. The molecule has 0 saturated carbocycles. The van der Waals surface area contributed by atoms with Gasteiger partial charge in [-0.2, -0.15) is 10.2 Å². The maximum Gasteiger partial charge on any atom is 0.247 e. The Morgan fingerprint density at radius 3 is 2.90 bits per heavy atom. The molecule has 1 aliphatic heterocycles. The number of nitrogens with one attached hydrogen (secondary N) is 1. The number of hydrogen-bond acceptors (Lipinski definition) is 7. The smallest absolute Gasteiger partial charge is 0.247 e. The van der Waals surface area contributed by atoms with Crippen LogP contribution < -0.4 is 4.74 Å².